The molecule has 3 rings (SSSR count). The Morgan fingerprint density at radius 1 is 1.13 bits per heavy atom. The number of ether oxygens (including phenoxy) is 1. The largest absolute Gasteiger partial charge is 0.497 e. The van der Waals surface area contributed by atoms with Gasteiger partial charge < -0.3 is 25.0 Å². The van der Waals surface area contributed by atoms with Gasteiger partial charge in [0, 0.05) is 48.4 Å². The molecule has 0 saturated carbocycles. The number of para-hydroxylation sites is 1. The molecule has 1 aromatic heterocycles. The number of nitrogens with zero attached hydrogens (tertiary/aromatic N) is 1. The van der Waals surface area contributed by atoms with Crippen molar-refractivity contribution in [2.24, 2.45) is 7.05 Å². The number of rotatable bonds is 8. The number of hydrogen-bond donors (Lipinski definition) is 3. The Bertz CT molecular complexity index is 1070. The van der Waals surface area contributed by atoms with Gasteiger partial charge in [-0.3, -0.25) is 9.59 Å². The Labute approximate surface area is 175 Å². The number of benzene rings is 2. The highest BCUT2D eigenvalue weighted by Crippen LogP contribution is 2.22. The summed E-state index contributed by atoms with van der Waals surface area (Å²) in [6.45, 7) is 0.279. The molecule has 0 radical (unpaired) electrons. The smallest absolute Gasteiger partial charge is 0.267 e. The van der Waals surface area contributed by atoms with Gasteiger partial charge in [0.1, 0.15) is 11.4 Å². The first-order valence-corrected chi connectivity index (χ1v) is 9.63. The highest BCUT2D eigenvalue weighted by molar-refractivity contribution is 6.06. The number of methoxy groups -OCH3 is 1. The maximum absolute atomic E-state index is 12.7. The van der Waals surface area contributed by atoms with Crippen molar-refractivity contribution in [2.45, 2.75) is 6.42 Å². The second-order valence-electron chi connectivity index (χ2n) is 6.79. The summed E-state index contributed by atoms with van der Waals surface area (Å²) in [7, 11) is 3.48. The number of hydrogen-bond acceptors (Lipinski definition) is 4. The highest BCUT2D eigenvalue weighted by Gasteiger charge is 2.16. The monoisotopic (exact) mass is 407 g/mol. The van der Waals surface area contributed by atoms with Crippen LogP contribution in [0, 0.1) is 0 Å². The van der Waals surface area contributed by atoms with E-state index >= 15 is 0 Å². The normalized spacial score (nSPS) is 11.4. The quantitative estimate of drug-likeness (QED) is 0.395. The predicted octanol–water partition coefficient (Wildman–Crippen LogP) is 2.46. The van der Waals surface area contributed by atoms with Crippen molar-refractivity contribution in [1.82, 2.24) is 15.2 Å². The van der Waals surface area contributed by atoms with Gasteiger partial charge in [-0.15, -0.1) is 0 Å². The van der Waals surface area contributed by atoms with Gasteiger partial charge >= 0.3 is 0 Å². The number of aliphatic hydroxyl groups excluding tert-OH is 1. The summed E-state index contributed by atoms with van der Waals surface area (Å²) >= 11 is 0. The van der Waals surface area contributed by atoms with E-state index in [9.17, 15) is 9.59 Å². The Kier molecular flexibility index (Phi) is 6.87. The summed E-state index contributed by atoms with van der Waals surface area (Å²) < 4.78 is 7.08. The molecule has 7 nitrogen and oxygen atoms in total. The summed E-state index contributed by atoms with van der Waals surface area (Å²) in [6, 6.07) is 14.5. The fourth-order valence-corrected chi connectivity index (χ4v) is 3.12. The van der Waals surface area contributed by atoms with E-state index in [4.69, 9.17) is 9.84 Å². The standard InChI is InChI=1S/C23H25N3O4/c1-26-15-17(19-6-3-4-7-21(19)26)14-20(23(29)24-12-5-13-27)25-22(28)16-8-10-18(30-2)11-9-16/h3-4,6-11,14-15,27H,5,12-13H2,1-2H3,(H,24,29)(H,25,28)/b20-14-. The molecule has 2 amide bonds. The van der Waals surface area contributed by atoms with Crippen molar-refractivity contribution >= 4 is 28.8 Å². The van der Waals surface area contributed by atoms with Gasteiger partial charge in [-0.05, 0) is 42.8 Å². The maximum atomic E-state index is 12.7. The van der Waals surface area contributed by atoms with Gasteiger partial charge in [0.05, 0.1) is 7.11 Å². The van der Waals surface area contributed by atoms with Gasteiger partial charge in [-0.2, -0.15) is 0 Å². The van der Waals surface area contributed by atoms with E-state index in [1.807, 2.05) is 42.1 Å². The van der Waals surface area contributed by atoms with Gasteiger partial charge in [-0.25, -0.2) is 0 Å². The molecule has 0 aliphatic heterocycles. The number of aryl methyl sites for hydroxylation is 1. The van der Waals surface area contributed by atoms with Crippen molar-refractivity contribution < 1.29 is 19.4 Å². The van der Waals surface area contributed by atoms with Crippen LogP contribution in [0.1, 0.15) is 22.3 Å². The molecule has 156 valence electrons. The second kappa shape index (κ2) is 9.76. The molecule has 0 bridgehead atoms. The molecule has 0 atom stereocenters. The number of aromatic nitrogens is 1. The molecule has 3 aromatic rings. The van der Waals surface area contributed by atoms with E-state index in [1.54, 1.807) is 37.5 Å². The van der Waals surface area contributed by atoms with E-state index in [0.717, 1.165) is 16.5 Å². The minimum absolute atomic E-state index is 0.0269. The van der Waals surface area contributed by atoms with Crippen LogP contribution in [0.15, 0.2) is 60.4 Å². The first-order valence-electron chi connectivity index (χ1n) is 9.63. The number of nitrogens with one attached hydrogen (secondary N) is 2. The third-order valence-electron chi connectivity index (χ3n) is 4.69. The van der Waals surface area contributed by atoms with Crippen LogP contribution in [0.4, 0.5) is 0 Å². The van der Waals surface area contributed by atoms with E-state index < -0.39 is 11.8 Å². The van der Waals surface area contributed by atoms with E-state index in [1.165, 1.54) is 0 Å². The molecule has 0 spiro atoms. The van der Waals surface area contributed by atoms with E-state index in [0.29, 0.717) is 24.3 Å². The number of aliphatic hydroxyl groups is 1. The van der Waals surface area contributed by atoms with Crippen molar-refractivity contribution in [3.8, 4) is 5.75 Å². The molecule has 1 heterocycles. The van der Waals surface area contributed by atoms with Crippen LogP contribution < -0.4 is 15.4 Å². The Morgan fingerprint density at radius 2 is 1.87 bits per heavy atom. The van der Waals surface area contributed by atoms with Crippen LogP contribution in [0.2, 0.25) is 0 Å². The summed E-state index contributed by atoms with van der Waals surface area (Å²) in [5.74, 6) is -0.181. The number of fused-ring (bicyclic) bond motifs is 1. The van der Waals surface area contributed by atoms with Gasteiger partial charge in [0.25, 0.3) is 11.8 Å². The zero-order valence-electron chi connectivity index (χ0n) is 17.0. The third-order valence-corrected chi connectivity index (χ3v) is 4.69. The maximum Gasteiger partial charge on any atom is 0.267 e. The summed E-state index contributed by atoms with van der Waals surface area (Å²) in [5.41, 5.74) is 2.37. The molecule has 0 fully saturated rings. The van der Waals surface area contributed by atoms with Crippen LogP contribution >= 0.6 is 0 Å². The Morgan fingerprint density at radius 3 is 2.57 bits per heavy atom. The van der Waals surface area contributed by atoms with E-state index in [2.05, 4.69) is 10.6 Å². The molecular formula is C23H25N3O4. The zero-order valence-corrected chi connectivity index (χ0v) is 17.0. The lowest BCUT2D eigenvalue weighted by molar-refractivity contribution is -0.117. The number of amides is 2. The van der Waals surface area contributed by atoms with E-state index in [-0.39, 0.29) is 12.3 Å². The molecule has 30 heavy (non-hydrogen) atoms. The van der Waals surface area contributed by atoms with Crippen LogP contribution in [-0.4, -0.2) is 41.7 Å². The average Bonchev–Trinajstić information content (AvgIpc) is 3.09. The average molecular weight is 407 g/mol. The third kappa shape index (κ3) is 4.87. The lowest BCUT2D eigenvalue weighted by Crippen LogP contribution is -2.35. The summed E-state index contributed by atoms with van der Waals surface area (Å²) in [6.07, 6.45) is 4.00. The summed E-state index contributed by atoms with van der Waals surface area (Å²) in [5, 5.41) is 15.4. The zero-order chi connectivity index (χ0) is 21.5. The molecule has 3 N–H and O–H groups in total. The topological polar surface area (TPSA) is 92.6 Å². The molecule has 7 heteroatoms. The molecule has 0 unspecified atom stereocenters. The van der Waals surface area contributed by atoms with Crippen LogP contribution in [-0.2, 0) is 11.8 Å². The number of carbonyl (C=O) groups is 2. The molecule has 0 aliphatic carbocycles. The molecule has 0 saturated heterocycles. The predicted molar refractivity (Wildman–Crippen MR) is 116 cm³/mol. The lowest BCUT2D eigenvalue weighted by Gasteiger charge is -2.11. The fraction of sp³-hybridized carbons (Fsp3) is 0.217. The van der Waals surface area contributed by atoms with Gasteiger partial charge in [0.2, 0.25) is 0 Å². The lowest BCUT2D eigenvalue weighted by atomic mass is 10.1. The van der Waals surface area contributed by atoms with Crippen molar-refractivity contribution in [1.29, 1.82) is 0 Å². The Balaban J connectivity index is 1.92. The van der Waals surface area contributed by atoms with Gasteiger partial charge in [-0.1, -0.05) is 18.2 Å². The SMILES string of the molecule is COc1ccc(C(=O)N/C(=C\c2cn(C)c3ccccc23)C(=O)NCCCO)cc1. The second-order valence-corrected chi connectivity index (χ2v) is 6.79. The van der Waals surface area contributed by atoms with Gasteiger partial charge in [0.15, 0.2) is 0 Å². The minimum Gasteiger partial charge on any atom is -0.497 e. The molecule has 2 aromatic carbocycles. The van der Waals surface area contributed by atoms with Crippen molar-refractivity contribution in [3.63, 3.8) is 0 Å². The first-order chi connectivity index (χ1) is 14.5. The summed E-state index contributed by atoms with van der Waals surface area (Å²) in [4.78, 5) is 25.5. The van der Waals surface area contributed by atoms with Crippen molar-refractivity contribution in [3.05, 3.63) is 71.6 Å². The molecule has 0 aliphatic rings. The van der Waals surface area contributed by atoms with Crippen molar-refractivity contribution in [2.75, 3.05) is 20.3 Å². The number of carbonyl (C=O) groups excluding carboxylic acids is 2. The Hall–Kier alpha value is -3.58. The fourth-order valence-electron chi connectivity index (χ4n) is 3.12. The first kappa shape index (κ1) is 21.1. The minimum atomic E-state index is -0.418. The van der Waals surface area contributed by atoms with Crippen LogP contribution in [0.25, 0.3) is 17.0 Å². The highest BCUT2D eigenvalue weighted by atomic mass is 16.5. The van der Waals surface area contributed by atoms with Crippen LogP contribution in [0.5, 0.6) is 5.75 Å². The molecular weight excluding hydrogens is 382 g/mol. The van der Waals surface area contributed by atoms with Crippen LogP contribution in [0.3, 0.4) is 0 Å².